The van der Waals surface area contributed by atoms with Gasteiger partial charge in [0, 0.05) is 38.6 Å². The molecule has 1 aromatic heterocycles. The number of nitrogens with zero attached hydrogens (tertiary/aromatic N) is 3. The Morgan fingerprint density at radius 2 is 1.88 bits per heavy atom. The molecule has 1 aromatic carbocycles. The SMILES string of the molecule is CCc1nc(CNC(=NC)NCc2ccc(C(=O)N(C)C)cc2)cs1. The van der Waals surface area contributed by atoms with E-state index in [0.29, 0.717) is 18.7 Å². The van der Waals surface area contributed by atoms with E-state index in [1.165, 1.54) is 0 Å². The van der Waals surface area contributed by atoms with Crippen LogP contribution in [-0.4, -0.2) is 42.9 Å². The minimum atomic E-state index is 0.00620. The zero-order valence-electron chi connectivity index (χ0n) is 15.2. The summed E-state index contributed by atoms with van der Waals surface area (Å²) in [6.07, 6.45) is 0.962. The van der Waals surface area contributed by atoms with E-state index in [1.807, 2.05) is 24.3 Å². The Morgan fingerprint density at radius 1 is 1.20 bits per heavy atom. The summed E-state index contributed by atoms with van der Waals surface area (Å²) in [7, 11) is 5.24. The molecule has 0 radical (unpaired) electrons. The smallest absolute Gasteiger partial charge is 0.253 e. The molecule has 1 heterocycles. The van der Waals surface area contributed by atoms with Crippen molar-refractivity contribution in [2.45, 2.75) is 26.4 Å². The molecule has 2 aromatic rings. The number of hydrogen-bond donors (Lipinski definition) is 2. The van der Waals surface area contributed by atoms with E-state index in [-0.39, 0.29) is 5.91 Å². The van der Waals surface area contributed by atoms with Gasteiger partial charge in [-0.25, -0.2) is 4.98 Å². The first kappa shape index (κ1) is 18.9. The van der Waals surface area contributed by atoms with Crippen molar-refractivity contribution >= 4 is 23.2 Å². The molecule has 6 nitrogen and oxygen atoms in total. The standard InChI is InChI=1S/C18H25N5OS/c1-5-16-22-15(12-25-16)11-21-18(19-2)20-10-13-6-8-14(9-7-13)17(24)23(3)4/h6-9,12H,5,10-11H2,1-4H3,(H2,19,20,21). The molecule has 25 heavy (non-hydrogen) atoms. The molecule has 2 N–H and O–H groups in total. The number of thiazole rings is 1. The Bertz CT molecular complexity index is 721. The van der Waals surface area contributed by atoms with E-state index in [9.17, 15) is 4.79 Å². The number of aromatic nitrogens is 1. The van der Waals surface area contributed by atoms with Gasteiger partial charge in [0.15, 0.2) is 5.96 Å². The van der Waals surface area contributed by atoms with Crippen LogP contribution in [0.15, 0.2) is 34.6 Å². The molecule has 0 saturated carbocycles. The highest BCUT2D eigenvalue weighted by atomic mass is 32.1. The summed E-state index contributed by atoms with van der Waals surface area (Å²) in [6, 6.07) is 7.59. The Morgan fingerprint density at radius 3 is 2.44 bits per heavy atom. The molecule has 1 amide bonds. The van der Waals surface area contributed by atoms with E-state index < -0.39 is 0 Å². The Labute approximate surface area is 153 Å². The van der Waals surface area contributed by atoms with Crippen LogP contribution in [0.3, 0.4) is 0 Å². The molecule has 0 aliphatic rings. The topological polar surface area (TPSA) is 69.6 Å². The number of hydrogen-bond acceptors (Lipinski definition) is 4. The molecule has 0 fully saturated rings. The fourth-order valence-electron chi connectivity index (χ4n) is 2.20. The van der Waals surface area contributed by atoms with Gasteiger partial charge in [0.05, 0.1) is 17.2 Å². The number of nitrogens with one attached hydrogen (secondary N) is 2. The Kier molecular flexibility index (Phi) is 6.94. The van der Waals surface area contributed by atoms with E-state index in [1.54, 1.807) is 37.4 Å². The predicted molar refractivity (Wildman–Crippen MR) is 103 cm³/mol. The molecule has 0 aliphatic heterocycles. The van der Waals surface area contributed by atoms with Crippen molar-refractivity contribution in [1.29, 1.82) is 0 Å². The second-order valence-electron chi connectivity index (χ2n) is 5.76. The third kappa shape index (κ3) is 5.56. The maximum Gasteiger partial charge on any atom is 0.253 e. The lowest BCUT2D eigenvalue weighted by Crippen LogP contribution is -2.36. The quantitative estimate of drug-likeness (QED) is 0.613. The molecule has 0 spiro atoms. The van der Waals surface area contributed by atoms with Gasteiger partial charge in [-0.05, 0) is 24.1 Å². The lowest BCUT2D eigenvalue weighted by atomic mass is 10.1. The summed E-state index contributed by atoms with van der Waals surface area (Å²) in [6.45, 7) is 3.38. The van der Waals surface area contributed by atoms with Crippen molar-refractivity contribution in [1.82, 2.24) is 20.5 Å². The number of benzene rings is 1. The molecule has 0 bridgehead atoms. The average molecular weight is 359 g/mol. The van der Waals surface area contributed by atoms with Crippen molar-refractivity contribution in [3.8, 4) is 0 Å². The second-order valence-corrected chi connectivity index (χ2v) is 6.70. The molecule has 0 unspecified atom stereocenters. The van der Waals surface area contributed by atoms with Gasteiger partial charge in [0.1, 0.15) is 0 Å². The van der Waals surface area contributed by atoms with Gasteiger partial charge >= 0.3 is 0 Å². The van der Waals surface area contributed by atoms with E-state index in [0.717, 1.165) is 28.6 Å². The minimum absolute atomic E-state index is 0.00620. The summed E-state index contributed by atoms with van der Waals surface area (Å²) in [5, 5.41) is 9.74. The lowest BCUT2D eigenvalue weighted by molar-refractivity contribution is 0.0827. The summed E-state index contributed by atoms with van der Waals surface area (Å²) < 4.78 is 0. The van der Waals surface area contributed by atoms with Crippen molar-refractivity contribution < 1.29 is 4.79 Å². The lowest BCUT2D eigenvalue weighted by Gasteiger charge is -2.12. The molecular weight excluding hydrogens is 334 g/mol. The largest absolute Gasteiger partial charge is 0.352 e. The summed E-state index contributed by atoms with van der Waals surface area (Å²) >= 11 is 1.68. The first-order chi connectivity index (χ1) is 12.0. The highest BCUT2D eigenvalue weighted by molar-refractivity contribution is 7.09. The third-order valence-electron chi connectivity index (χ3n) is 3.63. The van der Waals surface area contributed by atoms with Crippen LogP contribution in [0.25, 0.3) is 0 Å². The highest BCUT2D eigenvalue weighted by Gasteiger charge is 2.07. The van der Waals surface area contributed by atoms with Crippen LogP contribution in [0.4, 0.5) is 0 Å². The van der Waals surface area contributed by atoms with Crippen LogP contribution in [0.1, 0.15) is 33.5 Å². The summed E-state index contributed by atoms with van der Waals surface area (Å²) in [4.78, 5) is 22.2. The number of aliphatic imine (C=N–C) groups is 1. The van der Waals surface area contributed by atoms with Crippen LogP contribution >= 0.6 is 11.3 Å². The summed E-state index contributed by atoms with van der Waals surface area (Å²) in [5.74, 6) is 0.728. The van der Waals surface area contributed by atoms with E-state index in [2.05, 4.69) is 32.9 Å². The first-order valence-corrected chi connectivity index (χ1v) is 9.09. The van der Waals surface area contributed by atoms with Gasteiger partial charge in [-0.1, -0.05) is 19.1 Å². The van der Waals surface area contributed by atoms with Gasteiger partial charge in [-0.15, -0.1) is 11.3 Å². The van der Waals surface area contributed by atoms with Crippen LogP contribution in [0.5, 0.6) is 0 Å². The fourth-order valence-corrected chi connectivity index (χ4v) is 2.94. The van der Waals surface area contributed by atoms with Crippen molar-refractivity contribution in [2.24, 2.45) is 4.99 Å². The Hall–Kier alpha value is -2.41. The van der Waals surface area contributed by atoms with E-state index >= 15 is 0 Å². The maximum absolute atomic E-state index is 11.9. The van der Waals surface area contributed by atoms with Crippen molar-refractivity contribution in [2.75, 3.05) is 21.1 Å². The van der Waals surface area contributed by atoms with Gasteiger partial charge in [-0.3, -0.25) is 9.79 Å². The highest BCUT2D eigenvalue weighted by Crippen LogP contribution is 2.10. The normalized spacial score (nSPS) is 11.3. The molecular formula is C18H25N5OS. The molecule has 0 atom stereocenters. The molecule has 0 aliphatic carbocycles. The maximum atomic E-state index is 11.9. The van der Waals surface area contributed by atoms with Crippen LogP contribution in [-0.2, 0) is 19.5 Å². The van der Waals surface area contributed by atoms with Gasteiger partial charge in [-0.2, -0.15) is 0 Å². The first-order valence-electron chi connectivity index (χ1n) is 8.21. The Balaban J connectivity index is 1.84. The van der Waals surface area contributed by atoms with E-state index in [4.69, 9.17) is 0 Å². The fraction of sp³-hybridized carbons (Fsp3) is 0.389. The third-order valence-corrected chi connectivity index (χ3v) is 4.67. The minimum Gasteiger partial charge on any atom is -0.352 e. The zero-order valence-corrected chi connectivity index (χ0v) is 16.0. The van der Waals surface area contributed by atoms with Crippen LogP contribution in [0.2, 0.25) is 0 Å². The number of guanidine groups is 1. The van der Waals surface area contributed by atoms with Crippen molar-refractivity contribution in [3.05, 3.63) is 51.5 Å². The average Bonchev–Trinajstić information content (AvgIpc) is 3.09. The monoisotopic (exact) mass is 359 g/mol. The molecule has 2 rings (SSSR count). The van der Waals surface area contributed by atoms with Crippen LogP contribution in [0, 0.1) is 0 Å². The van der Waals surface area contributed by atoms with Gasteiger partial charge in [0.25, 0.3) is 5.91 Å². The predicted octanol–water partition coefficient (Wildman–Crippen LogP) is 2.27. The molecule has 134 valence electrons. The number of aryl methyl sites for hydroxylation is 1. The molecule has 0 saturated heterocycles. The number of rotatable bonds is 6. The number of carbonyl (C=O) groups is 1. The summed E-state index contributed by atoms with van der Waals surface area (Å²) in [5.41, 5.74) is 2.79. The van der Waals surface area contributed by atoms with Gasteiger partial charge in [0.2, 0.25) is 0 Å². The number of amides is 1. The molecule has 7 heteroatoms. The van der Waals surface area contributed by atoms with Gasteiger partial charge < -0.3 is 15.5 Å². The van der Waals surface area contributed by atoms with Crippen molar-refractivity contribution in [3.63, 3.8) is 0 Å². The van der Waals surface area contributed by atoms with Crippen LogP contribution < -0.4 is 10.6 Å². The zero-order chi connectivity index (χ0) is 18.2. The second kappa shape index (κ2) is 9.17. The number of carbonyl (C=O) groups excluding carboxylic acids is 1.